The van der Waals surface area contributed by atoms with Crippen LogP contribution in [0.4, 0.5) is 0 Å². The van der Waals surface area contributed by atoms with Gasteiger partial charge in [-0.1, -0.05) is 13.3 Å². The van der Waals surface area contributed by atoms with Gasteiger partial charge in [-0.25, -0.2) is 0 Å². The van der Waals surface area contributed by atoms with Crippen molar-refractivity contribution in [1.82, 2.24) is 4.90 Å². The first kappa shape index (κ1) is 17.1. The quantitative estimate of drug-likeness (QED) is 0.740. The molecule has 0 atom stereocenters. The zero-order valence-electron chi connectivity index (χ0n) is 13.6. The number of unbranched alkanes of at least 4 members (excludes halogenated alkanes) is 1. The lowest BCUT2D eigenvalue weighted by atomic mass is 10.1. The minimum atomic E-state index is -0.0230. The Morgan fingerprint density at radius 3 is 2.00 bits per heavy atom. The molecule has 0 N–H and O–H groups in total. The summed E-state index contributed by atoms with van der Waals surface area (Å²) < 4.78 is 15.8. The molecule has 1 aromatic carbocycles. The first-order valence-corrected chi connectivity index (χ1v) is 7.22. The molecule has 0 aliphatic carbocycles. The second-order valence-corrected chi connectivity index (χ2v) is 4.65. The first-order chi connectivity index (χ1) is 10.1. The average Bonchev–Trinajstić information content (AvgIpc) is 2.53. The number of carbonyl (C=O) groups excluding carboxylic acids is 1. The van der Waals surface area contributed by atoms with Crippen LogP contribution in [0.25, 0.3) is 0 Å². The average molecular weight is 295 g/mol. The van der Waals surface area contributed by atoms with Gasteiger partial charge in [0.2, 0.25) is 5.75 Å². The Balaban J connectivity index is 3.14. The fourth-order valence-electron chi connectivity index (χ4n) is 2.14. The van der Waals surface area contributed by atoms with Crippen molar-refractivity contribution in [3.8, 4) is 17.2 Å². The van der Waals surface area contributed by atoms with Crippen LogP contribution in [0.5, 0.6) is 17.2 Å². The SMILES string of the molecule is CCCCN(CC)C(=O)c1cc(OC)c(OC)c(OC)c1. The summed E-state index contributed by atoms with van der Waals surface area (Å²) in [7, 11) is 4.63. The van der Waals surface area contributed by atoms with E-state index in [-0.39, 0.29) is 5.91 Å². The van der Waals surface area contributed by atoms with Gasteiger partial charge in [-0.2, -0.15) is 0 Å². The van der Waals surface area contributed by atoms with E-state index < -0.39 is 0 Å². The molecule has 1 rings (SSSR count). The van der Waals surface area contributed by atoms with Gasteiger partial charge in [-0.15, -0.1) is 0 Å². The van der Waals surface area contributed by atoms with Crippen molar-refractivity contribution in [3.05, 3.63) is 17.7 Å². The number of ether oxygens (including phenoxy) is 3. The Labute approximate surface area is 126 Å². The summed E-state index contributed by atoms with van der Waals surface area (Å²) >= 11 is 0. The van der Waals surface area contributed by atoms with Crippen molar-refractivity contribution >= 4 is 5.91 Å². The summed E-state index contributed by atoms with van der Waals surface area (Å²) in [6.45, 7) is 5.52. The summed E-state index contributed by atoms with van der Waals surface area (Å²) in [6.07, 6.45) is 2.04. The molecule has 0 spiro atoms. The molecule has 0 saturated heterocycles. The van der Waals surface area contributed by atoms with E-state index in [0.29, 0.717) is 29.4 Å². The predicted molar refractivity (Wildman–Crippen MR) is 82.6 cm³/mol. The van der Waals surface area contributed by atoms with Crippen molar-refractivity contribution in [2.75, 3.05) is 34.4 Å². The van der Waals surface area contributed by atoms with Gasteiger partial charge in [-0.3, -0.25) is 4.79 Å². The van der Waals surface area contributed by atoms with Gasteiger partial charge in [0.05, 0.1) is 21.3 Å². The summed E-state index contributed by atoms with van der Waals surface area (Å²) in [5, 5.41) is 0. The number of amides is 1. The van der Waals surface area contributed by atoms with Gasteiger partial charge in [0.15, 0.2) is 11.5 Å². The third-order valence-corrected chi connectivity index (χ3v) is 3.36. The molecule has 0 heterocycles. The number of benzene rings is 1. The van der Waals surface area contributed by atoms with E-state index in [0.717, 1.165) is 19.4 Å². The second kappa shape index (κ2) is 8.39. The molecular formula is C16H25NO4. The molecule has 21 heavy (non-hydrogen) atoms. The van der Waals surface area contributed by atoms with Gasteiger partial charge in [-0.05, 0) is 25.5 Å². The lowest BCUT2D eigenvalue weighted by Gasteiger charge is -2.22. The standard InChI is InChI=1S/C16H25NO4/c1-6-8-9-17(7-2)16(18)12-10-13(19-3)15(21-5)14(11-12)20-4/h10-11H,6-9H2,1-5H3. The Kier molecular flexibility index (Phi) is 6.85. The van der Waals surface area contributed by atoms with Gasteiger partial charge in [0.25, 0.3) is 5.91 Å². The summed E-state index contributed by atoms with van der Waals surface area (Å²) in [5.74, 6) is 1.46. The first-order valence-electron chi connectivity index (χ1n) is 7.22. The molecule has 0 saturated carbocycles. The maximum atomic E-state index is 12.6. The van der Waals surface area contributed by atoms with Crippen molar-refractivity contribution < 1.29 is 19.0 Å². The normalized spacial score (nSPS) is 10.1. The summed E-state index contributed by atoms with van der Waals surface area (Å²) in [6, 6.07) is 3.39. The van der Waals surface area contributed by atoms with Crippen molar-refractivity contribution in [2.45, 2.75) is 26.7 Å². The molecule has 0 aromatic heterocycles. The fourth-order valence-corrected chi connectivity index (χ4v) is 2.14. The predicted octanol–water partition coefficient (Wildman–Crippen LogP) is 2.97. The molecule has 0 aliphatic rings. The number of rotatable bonds is 8. The van der Waals surface area contributed by atoms with E-state index in [2.05, 4.69) is 6.92 Å². The summed E-state index contributed by atoms with van der Waals surface area (Å²) in [4.78, 5) is 14.4. The highest BCUT2D eigenvalue weighted by Gasteiger charge is 2.20. The van der Waals surface area contributed by atoms with Crippen LogP contribution in [0.2, 0.25) is 0 Å². The highest BCUT2D eigenvalue weighted by molar-refractivity contribution is 5.95. The molecule has 1 amide bonds. The topological polar surface area (TPSA) is 48.0 Å². The van der Waals surface area contributed by atoms with E-state index in [1.165, 1.54) is 0 Å². The molecule has 118 valence electrons. The number of hydrogen-bond donors (Lipinski definition) is 0. The largest absolute Gasteiger partial charge is 0.493 e. The number of carbonyl (C=O) groups is 1. The van der Waals surface area contributed by atoms with Crippen LogP contribution in [0.3, 0.4) is 0 Å². The van der Waals surface area contributed by atoms with Gasteiger partial charge in [0, 0.05) is 18.7 Å². The smallest absolute Gasteiger partial charge is 0.254 e. The molecule has 0 unspecified atom stereocenters. The maximum Gasteiger partial charge on any atom is 0.254 e. The molecule has 5 heteroatoms. The second-order valence-electron chi connectivity index (χ2n) is 4.65. The molecule has 0 radical (unpaired) electrons. The van der Waals surface area contributed by atoms with Crippen LogP contribution >= 0.6 is 0 Å². The third-order valence-electron chi connectivity index (χ3n) is 3.36. The Hall–Kier alpha value is -1.91. The zero-order chi connectivity index (χ0) is 15.8. The Morgan fingerprint density at radius 1 is 1.05 bits per heavy atom. The Morgan fingerprint density at radius 2 is 1.62 bits per heavy atom. The van der Waals surface area contributed by atoms with Crippen molar-refractivity contribution in [3.63, 3.8) is 0 Å². The highest BCUT2D eigenvalue weighted by atomic mass is 16.5. The van der Waals surface area contributed by atoms with Gasteiger partial charge < -0.3 is 19.1 Å². The highest BCUT2D eigenvalue weighted by Crippen LogP contribution is 2.38. The van der Waals surface area contributed by atoms with Gasteiger partial charge in [0.1, 0.15) is 0 Å². The molecule has 1 aromatic rings. The minimum absolute atomic E-state index is 0.0230. The third kappa shape index (κ3) is 4.03. The van der Waals surface area contributed by atoms with Crippen LogP contribution in [0.15, 0.2) is 12.1 Å². The fraction of sp³-hybridized carbons (Fsp3) is 0.562. The van der Waals surface area contributed by atoms with Crippen LogP contribution < -0.4 is 14.2 Å². The summed E-state index contributed by atoms with van der Waals surface area (Å²) in [5.41, 5.74) is 0.544. The monoisotopic (exact) mass is 295 g/mol. The number of hydrogen-bond acceptors (Lipinski definition) is 4. The molecule has 0 aliphatic heterocycles. The lowest BCUT2D eigenvalue weighted by Crippen LogP contribution is -2.31. The Bertz CT molecular complexity index is 448. The van der Waals surface area contributed by atoms with Crippen LogP contribution in [0, 0.1) is 0 Å². The van der Waals surface area contributed by atoms with E-state index >= 15 is 0 Å². The number of nitrogens with zero attached hydrogens (tertiary/aromatic N) is 1. The van der Waals surface area contributed by atoms with E-state index in [9.17, 15) is 4.79 Å². The van der Waals surface area contributed by atoms with E-state index in [1.54, 1.807) is 33.5 Å². The van der Waals surface area contributed by atoms with Crippen LogP contribution in [-0.2, 0) is 0 Å². The molecular weight excluding hydrogens is 270 g/mol. The number of methoxy groups -OCH3 is 3. The maximum absolute atomic E-state index is 12.6. The van der Waals surface area contributed by atoms with Gasteiger partial charge >= 0.3 is 0 Å². The van der Waals surface area contributed by atoms with Crippen molar-refractivity contribution in [1.29, 1.82) is 0 Å². The zero-order valence-corrected chi connectivity index (χ0v) is 13.6. The van der Waals surface area contributed by atoms with E-state index in [4.69, 9.17) is 14.2 Å². The van der Waals surface area contributed by atoms with Crippen LogP contribution in [-0.4, -0.2) is 45.2 Å². The van der Waals surface area contributed by atoms with Crippen molar-refractivity contribution in [2.24, 2.45) is 0 Å². The lowest BCUT2D eigenvalue weighted by molar-refractivity contribution is 0.0761. The minimum Gasteiger partial charge on any atom is -0.493 e. The van der Waals surface area contributed by atoms with E-state index in [1.807, 2.05) is 11.8 Å². The molecule has 5 nitrogen and oxygen atoms in total. The molecule has 0 bridgehead atoms. The van der Waals surface area contributed by atoms with Crippen LogP contribution in [0.1, 0.15) is 37.0 Å². The molecule has 0 fully saturated rings.